The van der Waals surface area contributed by atoms with Crippen LogP contribution in [0.2, 0.25) is 0 Å². The van der Waals surface area contributed by atoms with Gasteiger partial charge in [0.1, 0.15) is 6.61 Å². The van der Waals surface area contributed by atoms with E-state index in [1.165, 1.54) is 70.6 Å². The molecule has 0 amide bonds. The van der Waals surface area contributed by atoms with Gasteiger partial charge in [0.2, 0.25) is 0 Å². The van der Waals surface area contributed by atoms with Crippen molar-refractivity contribution in [2.45, 2.75) is 200 Å². The average molecular weight is 777 g/mol. The summed E-state index contributed by atoms with van der Waals surface area (Å²) in [5.41, 5.74) is 0. The van der Waals surface area contributed by atoms with Crippen molar-refractivity contribution < 1.29 is 24.2 Å². The second kappa shape index (κ2) is 46.2. The fourth-order valence-corrected chi connectivity index (χ4v) is 5.94. The van der Waals surface area contributed by atoms with Crippen molar-refractivity contribution in [3.05, 3.63) is 97.2 Å². The normalized spacial score (nSPS) is 13.1. The first-order valence-corrected chi connectivity index (χ1v) is 22.8. The molecule has 0 aliphatic carbocycles. The molecule has 0 fully saturated rings. The lowest BCUT2D eigenvalue weighted by molar-refractivity contribution is -0.161. The Morgan fingerprint density at radius 2 is 0.768 bits per heavy atom. The van der Waals surface area contributed by atoms with Crippen molar-refractivity contribution in [3.8, 4) is 0 Å². The summed E-state index contributed by atoms with van der Waals surface area (Å²) in [5, 5.41) is 9.59. The molecular formula is C51H84O5. The number of aliphatic hydroxyl groups is 1. The Balaban J connectivity index is 3.61. The summed E-state index contributed by atoms with van der Waals surface area (Å²) in [7, 11) is 0. The quantitative estimate of drug-likeness (QED) is 0.0381. The van der Waals surface area contributed by atoms with E-state index < -0.39 is 6.10 Å². The molecule has 0 bridgehead atoms. The van der Waals surface area contributed by atoms with Crippen molar-refractivity contribution in [2.75, 3.05) is 13.2 Å². The lowest BCUT2D eigenvalue weighted by atomic mass is 10.1. The monoisotopic (exact) mass is 777 g/mol. The van der Waals surface area contributed by atoms with Crippen LogP contribution in [0.5, 0.6) is 0 Å². The van der Waals surface area contributed by atoms with Gasteiger partial charge in [0.25, 0.3) is 0 Å². The SMILES string of the molecule is CC/C=C\C/C=C\C/C=C\C/C=C\C/C=C\C/C=C\CCCCCCCCCCC(=O)OC(CO)COC(=O)CCCCCCC/C=C\C/C=C\CCCCC. The van der Waals surface area contributed by atoms with Gasteiger partial charge in [0.15, 0.2) is 6.10 Å². The molecule has 5 heteroatoms. The van der Waals surface area contributed by atoms with Crippen LogP contribution in [0.1, 0.15) is 194 Å². The second-order valence-electron chi connectivity index (χ2n) is 14.7. The van der Waals surface area contributed by atoms with E-state index in [2.05, 4.69) is 111 Å². The van der Waals surface area contributed by atoms with Gasteiger partial charge in [-0.2, -0.15) is 0 Å². The number of carbonyl (C=O) groups excluding carboxylic acids is 2. The molecule has 0 heterocycles. The number of unbranched alkanes of at least 4 members (excludes halogenated alkanes) is 16. The molecule has 1 unspecified atom stereocenters. The number of hydrogen-bond donors (Lipinski definition) is 1. The van der Waals surface area contributed by atoms with Crippen molar-refractivity contribution in [2.24, 2.45) is 0 Å². The molecule has 318 valence electrons. The minimum atomic E-state index is -0.788. The van der Waals surface area contributed by atoms with E-state index in [-0.39, 0.29) is 25.2 Å². The topological polar surface area (TPSA) is 72.8 Å². The van der Waals surface area contributed by atoms with Gasteiger partial charge in [0, 0.05) is 12.8 Å². The second-order valence-corrected chi connectivity index (χ2v) is 14.7. The summed E-state index contributed by atoms with van der Waals surface area (Å²) >= 11 is 0. The molecule has 0 rings (SSSR count). The Hall–Kier alpha value is -3.18. The molecule has 1 atom stereocenters. The molecule has 0 saturated carbocycles. The number of ether oxygens (including phenoxy) is 2. The Kier molecular flexibility index (Phi) is 43.6. The average Bonchev–Trinajstić information content (AvgIpc) is 3.20. The summed E-state index contributed by atoms with van der Waals surface area (Å²) in [6, 6.07) is 0. The standard InChI is InChI=1S/C51H84O5/c1-3-5-7-9-11-13-15-17-19-20-21-22-23-24-25-26-27-28-29-30-32-34-36-38-40-42-44-46-51(54)56-49(47-52)48-55-50(53)45-43-41-39-37-35-33-31-18-16-14-12-10-8-6-4-2/h5,7,11-14,17-19,21-22,24-25,27-28,31,49,52H,3-4,6,8-10,15-16,20,23,26,29-30,32-48H2,1-2H3/b7-5-,13-11-,14-12-,19-17-,22-21-,25-24-,28-27-,31-18-. The number of aliphatic hydroxyl groups excluding tert-OH is 1. The zero-order chi connectivity index (χ0) is 40.7. The Labute approximate surface area is 345 Å². The molecule has 56 heavy (non-hydrogen) atoms. The van der Waals surface area contributed by atoms with Crippen molar-refractivity contribution >= 4 is 11.9 Å². The van der Waals surface area contributed by atoms with Crippen LogP contribution in [0.3, 0.4) is 0 Å². The van der Waals surface area contributed by atoms with Crippen molar-refractivity contribution in [3.63, 3.8) is 0 Å². The highest BCUT2D eigenvalue weighted by Gasteiger charge is 2.16. The third kappa shape index (κ3) is 43.5. The van der Waals surface area contributed by atoms with E-state index in [0.29, 0.717) is 12.8 Å². The highest BCUT2D eigenvalue weighted by atomic mass is 16.6. The number of esters is 2. The van der Waals surface area contributed by atoms with Crippen LogP contribution in [-0.4, -0.2) is 36.4 Å². The summed E-state index contributed by atoms with van der Waals surface area (Å²) < 4.78 is 10.6. The first-order valence-electron chi connectivity index (χ1n) is 22.8. The van der Waals surface area contributed by atoms with Crippen LogP contribution in [0.25, 0.3) is 0 Å². The molecule has 0 aliphatic heterocycles. The van der Waals surface area contributed by atoms with E-state index in [4.69, 9.17) is 9.47 Å². The molecule has 0 aliphatic rings. The Morgan fingerprint density at radius 1 is 0.429 bits per heavy atom. The number of rotatable bonds is 40. The molecule has 0 aromatic rings. The van der Waals surface area contributed by atoms with E-state index in [1.54, 1.807) is 0 Å². The van der Waals surface area contributed by atoms with Crippen molar-refractivity contribution in [1.82, 2.24) is 0 Å². The minimum Gasteiger partial charge on any atom is -0.462 e. The van der Waals surface area contributed by atoms with Crippen molar-refractivity contribution in [1.29, 1.82) is 0 Å². The van der Waals surface area contributed by atoms with Crippen LogP contribution in [0.4, 0.5) is 0 Å². The fourth-order valence-electron chi connectivity index (χ4n) is 5.94. The maximum Gasteiger partial charge on any atom is 0.306 e. The summed E-state index contributed by atoms with van der Waals surface area (Å²) in [6.07, 6.45) is 64.8. The lowest BCUT2D eigenvalue weighted by Gasteiger charge is -2.15. The molecular weight excluding hydrogens is 693 g/mol. The summed E-state index contributed by atoms with van der Waals surface area (Å²) in [5.74, 6) is -0.623. The lowest BCUT2D eigenvalue weighted by Crippen LogP contribution is -2.28. The third-order valence-electron chi connectivity index (χ3n) is 9.36. The maximum atomic E-state index is 12.2. The molecule has 0 radical (unpaired) electrons. The zero-order valence-corrected chi connectivity index (χ0v) is 36.1. The van der Waals surface area contributed by atoms with Gasteiger partial charge in [-0.15, -0.1) is 0 Å². The first-order chi connectivity index (χ1) is 27.6. The van der Waals surface area contributed by atoms with E-state index in [0.717, 1.165) is 96.3 Å². The summed E-state index contributed by atoms with van der Waals surface area (Å²) in [4.78, 5) is 24.3. The van der Waals surface area contributed by atoms with Gasteiger partial charge >= 0.3 is 11.9 Å². The van der Waals surface area contributed by atoms with E-state index in [1.807, 2.05) is 0 Å². The van der Waals surface area contributed by atoms with Gasteiger partial charge in [-0.05, 0) is 96.3 Å². The molecule has 0 aromatic heterocycles. The van der Waals surface area contributed by atoms with E-state index in [9.17, 15) is 14.7 Å². The minimum absolute atomic E-state index is 0.0819. The fraction of sp³-hybridized carbons (Fsp3) is 0.647. The molecule has 1 N–H and O–H groups in total. The smallest absolute Gasteiger partial charge is 0.306 e. The van der Waals surface area contributed by atoms with Gasteiger partial charge in [-0.25, -0.2) is 0 Å². The Bertz CT molecular complexity index is 1110. The predicted molar refractivity (Wildman–Crippen MR) is 242 cm³/mol. The molecule has 5 nitrogen and oxygen atoms in total. The van der Waals surface area contributed by atoms with Crippen LogP contribution < -0.4 is 0 Å². The number of hydrogen-bond acceptors (Lipinski definition) is 5. The largest absolute Gasteiger partial charge is 0.462 e. The number of carbonyl (C=O) groups is 2. The molecule has 0 spiro atoms. The highest BCUT2D eigenvalue weighted by molar-refractivity contribution is 5.70. The van der Waals surface area contributed by atoms with Gasteiger partial charge in [-0.1, -0.05) is 182 Å². The zero-order valence-electron chi connectivity index (χ0n) is 36.1. The van der Waals surface area contributed by atoms with E-state index >= 15 is 0 Å². The van der Waals surface area contributed by atoms with Crippen LogP contribution >= 0.6 is 0 Å². The highest BCUT2D eigenvalue weighted by Crippen LogP contribution is 2.13. The number of allylic oxidation sites excluding steroid dienone is 16. The van der Waals surface area contributed by atoms with Crippen LogP contribution in [0.15, 0.2) is 97.2 Å². The predicted octanol–water partition coefficient (Wildman–Crippen LogP) is 14.8. The molecule has 0 saturated heterocycles. The van der Waals surface area contributed by atoms with Gasteiger partial charge in [0.05, 0.1) is 6.61 Å². The molecule has 0 aromatic carbocycles. The Morgan fingerprint density at radius 3 is 1.16 bits per heavy atom. The van der Waals surface area contributed by atoms with Gasteiger partial charge in [-0.3, -0.25) is 9.59 Å². The maximum absolute atomic E-state index is 12.2. The summed E-state index contributed by atoms with van der Waals surface area (Å²) in [6.45, 7) is 3.97. The first kappa shape index (κ1) is 52.8. The van der Waals surface area contributed by atoms with Crippen LogP contribution in [0, 0.1) is 0 Å². The van der Waals surface area contributed by atoms with Gasteiger partial charge < -0.3 is 14.6 Å². The van der Waals surface area contributed by atoms with Crippen LogP contribution in [-0.2, 0) is 19.1 Å². The third-order valence-corrected chi connectivity index (χ3v) is 9.36.